The number of aromatic nitrogens is 4. The lowest BCUT2D eigenvalue weighted by Crippen LogP contribution is -2.45. The van der Waals surface area contributed by atoms with Crippen molar-refractivity contribution in [2.75, 3.05) is 11.8 Å². The molecule has 80 valence electrons. The van der Waals surface area contributed by atoms with Crippen molar-refractivity contribution in [2.45, 2.75) is 19.0 Å². The predicted octanol–water partition coefficient (Wildman–Crippen LogP) is 0.536. The van der Waals surface area contributed by atoms with Crippen molar-refractivity contribution in [3.05, 3.63) is 5.82 Å². The van der Waals surface area contributed by atoms with Gasteiger partial charge in [-0.1, -0.05) is 0 Å². The van der Waals surface area contributed by atoms with Crippen LogP contribution in [0.25, 0.3) is 0 Å². The minimum atomic E-state index is -0.289. The molecular formula is C7H13Cl2N5. The summed E-state index contributed by atoms with van der Waals surface area (Å²) in [6.45, 7) is 2.47. The molecule has 1 N–H and O–H groups in total. The van der Waals surface area contributed by atoms with E-state index in [-0.39, 0.29) is 5.54 Å². The van der Waals surface area contributed by atoms with E-state index in [4.69, 9.17) is 23.2 Å². The summed E-state index contributed by atoms with van der Waals surface area (Å²) in [4.78, 5) is 1.41. The maximum Gasteiger partial charge on any atom is 0.188 e. The SMILES string of the molecule is Cn1nnc(CNC(C)(CCl)CCl)n1. The summed E-state index contributed by atoms with van der Waals surface area (Å²) >= 11 is 11.5. The average molecular weight is 238 g/mol. The number of hydrogen-bond donors (Lipinski definition) is 1. The van der Waals surface area contributed by atoms with Gasteiger partial charge >= 0.3 is 0 Å². The van der Waals surface area contributed by atoms with Gasteiger partial charge in [-0.05, 0) is 12.1 Å². The second-order valence-corrected chi connectivity index (χ2v) is 3.91. The fourth-order valence-electron chi connectivity index (χ4n) is 0.817. The van der Waals surface area contributed by atoms with Crippen molar-refractivity contribution in [2.24, 2.45) is 7.05 Å². The molecule has 0 saturated carbocycles. The Kier molecular flexibility index (Phi) is 4.10. The van der Waals surface area contributed by atoms with Gasteiger partial charge < -0.3 is 5.32 Å². The zero-order valence-corrected chi connectivity index (χ0v) is 9.68. The normalized spacial score (nSPS) is 12.0. The van der Waals surface area contributed by atoms with Crippen molar-refractivity contribution in [3.8, 4) is 0 Å². The Bertz CT molecular complexity index is 283. The summed E-state index contributed by atoms with van der Waals surface area (Å²) in [5.74, 6) is 1.52. The van der Waals surface area contributed by atoms with Crippen LogP contribution in [0.3, 0.4) is 0 Å². The molecule has 0 bridgehead atoms. The Balaban J connectivity index is 2.47. The lowest BCUT2D eigenvalue weighted by Gasteiger charge is -2.24. The van der Waals surface area contributed by atoms with E-state index in [9.17, 15) is 0 Å². The van der Waals surface area contributed by atoms with Crippen LogP contribution in [0, 0.1) is 0 Å². The van der Waals surface area contributed by atoms with E-state index in [0.29, 0.717) is 24.1 Å². The van der Waals surface area contributed by atoms with Gasteiger partial charge in [0.1, 0.15) is 0 Å². The van der Waals surface area contributed by atoms with Gasteiger partial charge in [0.15, 0.2) is 5.82 Å². The molecule has 14 heavy (non-hydrogen) atoms. The minimum absolute atomic E-state index is 0.289. The summed E-state index contributed by atoms with van der Waals surface area (Å²) < 4.78 is 0. The average Bonchev–Trinajstić information content (AvgIpc) is 2.61. The molecule has 0 fully saturated rings. The molecule has 0 aliphatic heterocycles. The van der Waals surface area contributed by atoms with Crippen molar-refractivity contribution < 1.29 is 0 Å². The quantitative estimate of drug-likeness (QED) is 0.760. The monoisotopic (exact) mass is 237 g/mol. The van der Waals surface area contributed by atoms with Gasteiger partial charge in [0.2, 0.25) is 0 Å². The Hall–Kier alpha value is -0.390. The number of nitrogens with zero attached hydrogens (tertiary/aromatic N) is 4. The van der Waals surface area contributed by atoms with Gasteiger partial charge in [0.05, 0.1) is 13.6 Å². The van der Waals surface area contributed by atoms with Gasteiger partial charge in [0, 0.05) is 17.3 Å². The molecule has 0 aliphatic rings. The molecule has 0 aliphatic carbocycles. The van der Waals surface area contributed by atoms with Gasteiger partial charge in [-0.15, -0.1) is 33.4 Å². The molecule has 1 heterocycles. The minimum Gasteiger partial charge on any atom is -0.302 e. The Morgan fingerprint density at radius 3 is 2.50 bits per heavy atom. The van der Waals surface area contributed by atoms with Crippen LogP contribution in [0.2, 0.25) is 0 Å². The Morgan fingerprint density at radius 2 is 2.07 bits per heavy atom. The first-order valence-corrected chi connectivity index (χ1v) is 5.26. The fraction of sp³-hybridized carbons (Fsp3) is 0.857. The second kappa shape index (κ2) is 4.91. The first-order chi connectivity index (χ1) is 6.59. The molecular weight excluding hydrogens is 225 g/mol. The summed E-state index contributed by atoms with van der Waals surface area (Å²) in [6, 6.07) is 0. The first-order valence-electron chi connectivity index (χ1n) is 4.19. The molecule has 0 aromatic carbocycles. The predicted molar refractivity (Wildman–Crippen MR) is 55.5 cm³/mol. The summed E-state index contributed by atoms with van der Waals surface area (Å²) in [5.41, 5.74) is -0.289. The van der Waals surface area contributed by atoms with E-state index < -0.39 is 0 Å². The number of aryl methyl sites for hydroxylation is 1. The Labute approximate surface area is 92.8 Å². The van der Waals surface area contributed by atoms with Crippen molar-refractivity contribution in [1.82, 2.24) is 25.5 Å². The maximum absolute atomic E-state index is 5.77. The van der Waals surface area contributed by atoms with Crippen LogP contribution in [0.5, 0.6) is 0 Å². The van der Waals surface area contributed by atoms with Gasteiger partial charge in [0.25, 0.3) is 0 Å². The van der Waals surface area contributed by atoms with Gasteiger partial charge in [-0.2, -0.15) is 4.80 Å². The molecule has 0 spiro atoms. The van der Waals surface area contributed by atoms with Gasteiger partial charge in [-0.3, -0.25) is 0 Å². The zero-order chi connectivity index (χ0) is 10.6. The molecule has 1 aromatic heterocycles. The van der Waals surface area contributed by atoms with Crippen molar-refractivity contribution in [1.29, 1.82) is 0 Å². The highest BCUT2D eigenvalue weighted by Crippen LogP contribution is 2.09. The van der Waals surface area contributed by atoms with Crippen LogP contribution < -0.4 is 5.32 Å². The first kappa shape index (κ1) is 11.7. The highest BCUT2D eigenvalue weighted by molar-refractivity contribution is 6.22. The van der Waals surface area contributed by atoms with E-state index in [1.54, 1.807) is 7.05 Å². The van der Waals surface area contributed by atoms with E-state index >= 15 is 0 Å². The van der Waals surface area contributed by atoms with Crippen LogP contribution in [0.1, 0.15) is 12.7 Å². The number of rotatable bonds is 5. The molecule has 1 aromatic rings. The highest BCUT2D eigenvalue weighted by atomic mass is 35.5. The lowest BCUT2D eigenvalue weighted by atomic mass is 10.1. The summed E-state index contributed by atoms with van der Waals surface area (Å²) in [6.07, 6.45) is 0. The Morgan fingerprint density at radius 1 is 1.43 bits per heavy atom. The molecule has 0 atom stereocenters. The number of halogens is 2. The van der Waals surface area contributed by atoms with Gasteiger partial charge in [-0.25, -0.2) is 0 Å². The van der Waals surface area contributed by atoms with Crippen LogP contribution in [-0.2, 0) is 13.6 Å². The van der Waals surface area contributed by atoms with Crippen molar-refractivity contribution in [3.63, 3.8) is 0 Å². The maximum atomic E-state index is 5.77. The van der Waals surface area contributed by atoms with Crippen LogP contribution in [0.4, 0.5) is 0 Å². The van der Waals surface area contributed by atoms with Crippen LogP contribution in [-0.4, -0.2) is 37.5 Å². The molecule has 1 rings (SSSR count). The fourth-order valence-corrected chi connectivity index (χ4v) is 1.29. The highest BCUT2D eigenvalue weighted by Gasteiger charge is 2.21. The molecule has 0 amide bonds. The van der Waals surface area contributed by atoms with E-state index in [1.165, 1.54) is 4.80 Å². The summed E-state index contributed by atoms with van der Waals surface area (Å²) in [7, 11) is 1.72. The standard InChI is InChI=1S/C7H13Cl2N5/c1-7(4-8,5-9)10-3-6-11-13-14(2)12-6/h10H,3-5H2,1-2H3. The molecule has 0 radical (unpaired) electrons. The largest absolute Gasteiger partial charge is 0.302 e. The molecule has 0 unspecified atom stereocenters. The number of nitrogens with one attached hydrogen (secondary N) is 1. The van der Waals surface area contributed by atoms with Crippen LogP contribution in [0.15, 0.2) is 0 Å². The van der Waals surface area contributed by atoms with Crippen molar-refractivity contribution >= 4 is 23.2 Å². The second-order valence-electron chi connectivity index (χ2n) is 3.38. The number of tetrazole rings is 1. The summed E-state index contributed by atoms with van der Waals surface area (Å²) in [5, 5.41) is 14.8. The van der Waals surface area contributed by atoms with E-state index in [0.717, 1.165) is 0 Å². The third-order valence-electron chi connectivity index (χ3n) is 1.81. The third kappa shape index (κ3) is 3.08. The zero-order valence-electron chi connectivity index (χ0n) is 8.17. The number of alkyl halides is 2. The van der Waals surface area contributed by atoms with Crippen LogP contribution >= 0.6 is 23.2 Å². The number of hydrogen-bond acceptors (Lipinski definition) is 4. The molecule has 5 nitrogen and oxygen atoms in total. The molecule has 7 heteroatoms. The third-order valence-corrected chi connectivity index (χ3v) is 2.99. The topological polar surface area (TPSA) is 55.6 Å². The smallest absolute Gasteiger partial charge is 0.188 e. The van der Waals surface area contributed by atoms with E-state index in [2.05, 4.69) is 20.7 Å². The molecule has 0 saturated heterocycles. The lowest BCUT2D eigenvalue weighted by molar-refractivity contribution is 0.427. The van der Waals surface area contributed by atoms with E-state index in [1.807, 2.05) is 6.92 Å².